The molecule has 0 heterocycles. The van der Waals surface area contributed by atoms with Crippen LogP contribution in [0.1, 0.15) is 116 Å². The molecule has 0 bridgehead atoms. The summed E-state index contributed by atoms with van der Waals surface area (Å²) >= 11 is 0. The zero-order valence-electron chi connectivity index (χ0n) is 25.5. The molecule has 0 aliphatic carbocycles. The van der Waals surface area contributed by atoms with Crippen LogP contribution in [0.25, 0.3) is 0 Å². The van der Waals surface area contributed by atoms with Crippen molar-refractivity contribution in [1.29, 1.82) is 0 Å². The molecule has 2 aromatic carbocycles. The molecule has 196 valence electrons. The van der Waals surface area contributed by atoms with Crippen LogP contribution in [-0.4, -0.2) is 5.11 Å². The molecule has 5 nitrogen and oxygen atoms in total. The Labute approximate surface area is 248 Å². The summed E-state index contributed by atoms with van der Waals surface area (Å²) in [6.07, 6.45) is 0.223. The number of hydrogen-bond donors (Lipinski definition) is 1. The van der Waals surface area contributed by atoms with Crippen molar-refractivity contribution in [2.45, 2.75) is 111 Å². The summed E-state index contributed by atoms with van der Waals surface area (Å²) in [6.45, 7) is 24.6. The van der Waals surface area contributed by atoms with Crippen LogP contribution in [0, 0.1) is 0 Å². The molecule has 0 saturated carbocycles. The van der Waals surface area contributed by atoms with Gasteiger partial charge in [0.25, 0.3) is 0 Å². The van der Waals surface area contributed by atoms with Gasteiger partial charge in [0.1, 0.15) is 19.3 Å². The van der Waals surface area contributed by atoms with E-state index in [1.807, 2.05) is 45.0 Å². The molecule has 0 atom stereocenters. The fraction of sp³-hybridized carbons (Fsp3) is 0.586. The summed E-state index contributed by atoms with van der Waals surface area (Å²) in [5.41, 5.74) is 3.61. The molecule has 0 aliphatic rings. The third kappa shape index (κ3) is 9.51. The van der Waals surface area contributed by atoms with E-state index >= 15 is 0 Å². The second-order valence-corrected chi connectivity index (χ2v) is 14.8. The maximum absolute atomic E-state index is 11.8. The van der Waals surface area contributed by atoms with Crippen LogP contribution in [-0.2, 0) is 32.6 Å². The Morgan fingerprint density at radius 2 is 1.05 bits per heavy atom. The third-order valence-electron chi connectivity index (χ3n) is 6.29. The van der Waals surface area contributed by atoms with Gasteiger partial charge in [-0.25, -0.2) is 0 Å². The van der Waals surface area contributed by atoms with Crippen molar-refractivity contribution in [3.8, 4) is 11.5 Å². The molecule has 8 heteroatoms. The second kappa shape index (κ2) is 11.9. The van der Waals surface area contributed by atoms with Crippen LogP contribution in [0.4, 0.5) is 0 Å². The number of aromatic hydroxyl groups is 1. The first kappa shape index (κ1) is 36.4. The van der Waals surface area contributed by atoms with E-state index in [0.29, 0.717) is 16.7 Å². The Morgan fingerprint density at radius 1 is 0.676 bits per heavy atom. The number of phenolic OH excluding ortho intramolecular Hbond substituents is 1. The van der Waals surface area contributed by atoms with Gasteiger partial charge in [0, 0.05) is 12.0 Å². The van der Waals surface area contributed by atoms with Crippen molar-refractivity contribution < 1.29 is 61.7 Å². The maximum atomic E-state index is 11.8. The zero-order valence-corrected chi connectivity index (χ0v) is 26.4. The van der Waals surface area contributed by atoms with Gasteiger partial charge in [0.15, 0.2) is 0 Å². The fourth-order valence-electron chi connectivity index (χ4n) is 4.07. The third-order valence-corrected chi connectivity index (χ3v) is 6.69. The Morgan fingerprint density at radius 3 is 1.41 bits per heavy atom. The SMILES string of the molecule is CC(C)(C)c1cc(Cc2cc(C(C)(C)C)cc(C(C)(C)C)c2OP(=O)([O-])[O-])c(O)c(C(C)(C)C)c1.[Li+].[Li+]. The van der Waals surface area contributed by atoms with Crippen LogP contribution in [0.5, 0.6) is 11.5 Å². The minimum Gasteiger partial charge on any atom is -0.780 e. The summed E-state index contributed by atoms with van der Waals surface area (Å²) in [4.78, 5) is 23.6. The number of phosphoric acid groups is 1. The van der Waals surface area contributed by atoms with Gasteiger partial charge in [-0.2, -0.15) is 0 Å². The molecule has 1 N–H and O–H groups in total. The average molecular weight is 517 g/mol. The van der Waals surface area contributed by atoms with Crippen LogP contribution < -0.4 is 52.0 Å². The molecule has 0 aromatic heterocycles. The van der Waals surface area contributed by atoms with Crippen molar-refractivity contribution in [3.05, 3.63) is 57.6 Å². The number of hydrogen-bond acceptors (Lipinski definition) is 5. The Kier molecular flexibility index (Phi) is 11.7. The second-order valence-electron chi connectivity index (χ2n) is 13.8. The first-order valence-corrected chi connectivity index (χ1v) is 13.6. The normalized spacial score (nSPS) is 13.0. The zero-order chi connectivity index (χ0) is 27.4. The molecule has 37 heavy (non-hydrogen) atoms. The Balaban J connectivity index is 0.00000648. The van der Waals surface area contributed by atoms with Gasteiger partial charge < -0.3 is 24.0 Å². The number of phosphoric ester groups is 1. The van der Waals surface area contributed by atoms with E-state index in [0.717, 1.165) is 16.7 Å². The van der Waals surface area contributed by atoms with Gasteiger partial charge in [0.05, 0.1) is 0 Å². The van der Waals surface area contributed by atoms with E-state index in [4.69, 9.17) is 4.52 Å². The minimum absolute atomic E-state index is 0. The van der Waals surface area contributed by atoms with E-state index in [9.17, 15) is 19.5 Å². The van der Waals surface area contributed by atoms with E-state index in [1.165, 1.54) is 0 Å². The molecule has 0 amide bonds. The summed E-state index contributed by atoms with van der Waals surface area (Å²) in [6, 6.07) is 7.86. The molecule has 0 saturated heterocycles. The predicted octanol–water partition coefficient (Wildman–Crippen LogP) is 0.389. The molecule has 0 aliphatic heterocycles. The smallest absolute Gasteiger partial charge is 0.780 e. The first-order chi connectivity index (χ1) is 15.4. The number of phenols is 1. The monoisotopic (exact) mass is 516 g/mol. The van der Waals surface area contributed by atoms with Crippen LogP contribution in [0.15, 0.2) is 24.3 Å². The van der Waals surface area contributed by atoms with Gasteiger partial charge in [-0.3, -0.25) is 0 Å². The predicted molar refractivity (Wildman–Crippen MR) is 140 cm³/mol. The standard InChI is InChI=1S/C29H45O5P.2Li/c1-26(2,3)20-14-18(24(30)22(16-20)28(7,8)9)13-19-15-21(27(4,5)6)17-23(29(10,11)12)25(19)34-35(31,32)33;;/h14-17,30H,13H2,1-12H3,(H2,31,32,33);;/q;2*+1/p-2. The van der Waals surface area contributed by atoms with Crippen molar-refractivity contribution in [2.24, 2.45) is 0 Å². The van der Waals surface area contributed by atoms with E-state index in [2.05, 4.69) is 62.3 Å². The summed E-state index contributed by atoms with van der Waals surface area (Å²) in [5, 5.41) is 11.3. The Bertz CT molecular complexity index is 1140. The van der Waals surface area contributed by atoms with Gasteiger partial charge in [-0.05, 0) is 49.5 Å². The Hall–Kier alpha value is -0.615. The molecule has 0 spiro atoms. The van der Waals surface area contributed by atoms with Crippen LogP contribution in [0.3, 0.4) is 0 Å². The van der Waals surface area contributed by atoms with Gasteiger partial charge in [-0.1, -0.05) is 107 Å². The van der Waals surface area contributed by atoms with Crippen molar-refractivity contribution in [1.82, 2.24) is 0 Å². The molecule has 2 aromatic rings. The molecular formula is C29H43Li2O5P. The average Bonchev–Trinajstić information content (AvgIpc) is 2.59. The molecule has 0 radical (unpaired) electrons. The molecule has 2 rings (SSSR count). The maximum Gasteiger partial charge on any atom is 1.00 e. The molecule has 0 fully saturated rings. The van der Waals surface area contributed by atoms with Crippen molar-refractivity contribution in [2.75, 3.05) is 0 Å². The summed E-state index contributed by atoms with van der Waals surface area (Å²) < 4.78 is 16.9. The summed E-state index contributed by atoms with van der Waals surface area (Å²) in [5.74, 6) is 0.249. The summed E-state index contributed by atoms with van der Waals surface area (Å²) in [7, 11) is -5.32. The molecule has 0 unspecified atom stereocenters. The first-order valence-electron chi connectivity index (χ1n) is 12.2. The minimum atomic E-state index is -5.32. The van der Waals surface area contributed by atoms with Crippen molar-refractivity contribution in [3.63, 3.8) is 0 Å². The van der Waals surface area contributed by atoms with Crippen LogP contribution >= 0.6 is 7.82 Å². The topological polar surface area (TPSA) is 92.7 Å². The number of benzene rings is 2. The quantitative estimate of drug-likeness (QED) is 0.469. The van der Waals surface area contributed by atoms with Crippen molar-refractivity contribution >= 4 is 7.82 Å². The van der Waals surface area contributed by atoms with E-state index < -0.39 is 13.2 Å². The van der Waals surface area contributed by atoms with E-state index in [1.54, 1.807) is 0 Å². The van der Waals surface area contributed by atoms with Gasteiger partial charge in [-0.15, -0.1) is 0 Å². The largest absolute Gasteiger partial charge is 1.00 e. The number of rotatable bonds is 4. The van der Waals surface area contributed by atoms with Gasteiger partial charge in [0.2, 0.25) is 0 Å². The molecular weight excluding hydrogens is 473 g/mol. The fourth-order valence-corrected chi connectivity index (χ4v) is 4.51. The van der Waals surface area contributed by atoms with Gasteiger partial charge >= 0.3 is 37.7 Å². The van der Waals surface area contributed by atoms with E-state index in [-0.39, 0.29) is 71.9 Å². The van der Waals surface area contributed by atoms with Crippen LogP contribution in [0.2, 0.25) is 0 Å².